The number of hydrogen-bond donors (Lipinski definition) is 0. The van der Waals surface area contributed by atoms with E-state index in [1.807, 2.05) is 0 Å². The number of epoxide rings is 2. The Hall–Kier alpha value is -1.68. The van der Waals surface area contributed by atoms with Gasteiger partial charge in [-0.2, -0.15) is 0 Å². The summed E-state index contributed by atoms with van der Waals surface area (Å²) in [5, 5.41) is 0. The summed E-state index contributed by atoms with van der Waals surface area (Å²) in [6, 6.07) is 18.4. The second-order valence-corrected chi connectivity index (χ2v) is 14.1. The van der Waals surface area contributed by atoms with E-state index in [1.165, 1.54) is 164 Å². The Labute approximate surface area is 277 Å². The lowest BCUT2D eigenvalue weighted by atomic mass is 9.99. The van der Waals surface area contributed by atoms with E-state index in [1.54, 1.807) is 0 Å². The minimum Gasteiger partial charge on any atom is -0.370 e. The Bertz CT molecular complexity index is 910. The maximum atomic E-state index is 6.83. The summed E-state index contributed by atoms with van der Waals surface area (Å²) in [4.78, 5) is 0. The molecule has 2 aromatic carbocycles. The number of unbranched alkanes of at least 4 members (excludes halogenated alkanes) is 18. The fourth-order valence-corrected chi connectivity index (χ4v) is 6.76. The smallest absolute Gasteiger partial charge is 0.112 e. The third-order valence-electron chi connectivity index (χ3n) is 9.94. The Morgan fingerprint density at radius 3 is 1.04 bits per heavy atom. The van der Waals surface area contributed by atoms with Crippen LogP contribution in [-0.4, -0.2) is 25.4 Å². The standard InChI is InChI=1S/C42H66O3/c1-3-5-7-9-11-13-15-17-19-21-23-35-25-29-37(30-26-35)41(39-33-43-39)45-42(40-34-44-40)38-31-27-36(28-32-38)24-22-20-18-16-14-12-10-8-6-4-2/h25-32,39-42H,3-24,33-34H2,1-2H3. The quantitative estimate of drug-likeness (QED) is 0.0703. The third kappa shape index (κ3) is 14.7. The van der Waals surface area contributed by atoms with Gasteiger partial charge in [0.2, 0.25) is 0 Å². The van der Waals surface area contributed by atoms with Crippen molar-refractivity contribution >= 4 is 0 Å². The lowest BCUT2D eigenvalue weighted by Gasteiger charge is -2.24. The fourth-order valence-electron chi connectivity index (χ4n) is 6.76. The van der Waals surface area contributed by atoms with Gasteiger partial charge in [-0.3, -0.25) is 0 Å². The van der Waals surface area contributed by atoms with Crippen LogP contribution in [0.25, 0.3) is 0 Å². The first-order chi connectivity index (χ1) is 22.3. The molecule has 3 nitrogen and oxygen atoms in total. The van der Waals surface area contributed by atoms with Gasteiger partial charge in [0.1, 0.15) is 24.4 Å². The molecule has 0 aliphatic carbocycles. The van der Waals surface area contributed by atoms with Crippen LogP contribution < -0.4 is 0 Å². The zero-order valence-electron chi connectivity index (χ0n) is 29.1. The van der Waals surface area contributed by atoms with E-state index in [9.17, 15) is 0 Å². The Kier molecular flexibility index (Phi) is 17.7. The molecule has 2 aliphatic rings. The summed E-state index contributed by atoms with van der Waals surface area (Å²) >= 11 is 0. The van der Waals surface area contributed by atoms with Gasteiger partial charge >= 0.3 is 0 Å². The predicted molar refractivity (Wildman–Crippen MR) is 190 cm³/mol. The predicted octanol–water partition coefficient (Wildman–Crippen LogP) is 12.2. The molecule has 0 amide bonds. The van der Waals surface area contributed by atoms with Gasteiger partial charge in [-0.25, -0.2) is 0 Å². The minimum absolute atomic E-state index is 0.0445. The molecule has 45 heavy (non-hydrogen) atoms. The number of rotatable bonds is 28. The van der Waals surface area contributed by atoms with E-state index < -0.39 is 0 Å². The van der Waals surface area contributed by atoms with E-state index in [0.717, 1.165) is 13.2 Å². The molecular formula is C42H66O3. The van der Waals surface area contributed by atoms with Gasteiger partial charge in [0.25, 0.3) is 0 Å². The highest BCUT2D eigenvalue weighted by Gasteiger charge is 2.42. The van der Waals surface area contributed by atoms with E-state index in [-0.39, 0.29) is 24.4 Å². The Morgan fingerprint density at radius 2 is 0.756 bits per heavy atom. The zero-order chi connectivity index (χ0) is 31.4. The molecule has 4 atom stereocenters. The van der Waals surface area contributed by atoms with E-state index in [0.29, 0.717) is 0 Å². The molecule has 4 rings (SSSR count). The van der Waals surface area contributed by atoms with Crippen LogP contribution in [0.15, 0.2) is 48.5 Å². The zero-order valence-corrected chi connectivity index (χ0v) is 29.1. The number of ether oxygens (including phenoxy) is 3. The van der Waals surface area contributed by atoms with Crippen molar-refractivity contribution in [2.75, 3.05) is 13.2 Å². The average Bonchev–Trinajstić information content (AvgIpc) is 4.00. The van der Waals surface area contributed by atoms with Crippen molar-refractivity contribution in [1.29, 1.82) is 0 Å². The molecule has 2 aliphatic heterocycles. The van der Waals surface area contributed by atoms with Gasteiger partial charge in [-0.1, -0.05) is 178 Å². The largest absolute Gasteiger partial charge is 0.370 e. The first kappa shape index (κ1) is 36.2. The SMILES string of the molecule is CCCCCCCCCCCCc1ccc(C(OC(c2ccc(CCCCCCCCCCCC)cc2)C2CO2)C2CO2)cc1. The van der Waals surface area contributed by atoms with Crippen molar-refractivity contribution in [2.24, 2.45) is 0 Å². The molecule has 2 heterocycles. The van der Waals surface area contributed by atoms with Gasteiger partial charge in [0.15, 0.2) is 0 Å². The molecule has 0 radical (unpaired) electrons. The first-order valence-corrected chi connectivity index (χ1v) is 19.3. The van der Waals surface area contributed by atoms with Crippen LogP contribution in [0, 0.1) is 0 Å². The monoisotopic (exact) mass is 619 g/mol. The lowest BCUT2D eigenvalue weighted by molar-refractivity contribution is -0.0419. The molecule has 4 unspecified atom stereocenters. The number of benzene rings is 2. The molecule has 2 saturated heterocycles. The van der Waals surface area contributed by atoms with Crippen molar-refractivity contribution in [3.8, 4) is 0 Å². The van der Waals surface area contributed by atoms with Crippen LogP contribution in [0.5, 0.6) is 0 Å². The minimum atomic E-state index is -0.0445. The van der Waals surface area contributed by atoms with Crippen LogP contribution in [-0.2, 0) is 27.1 Å². The third-order valence-corrected chi connectivity index (χ3v) is 9.94. The molecule has 0 spiro atoms. The van der Waals surface area contributed by atoms with Gasteiger partial charge in [0.05, 0.1) is 13.2 Å². The highest BCUT2D eigenvalue weighted by atomic mass is 16.6. The second kappa shape index (κ2) is 22.0. The Morgan fingerprint density at radius 1 is 0.467 bits per heavy atom. The van der Waals surface area contributed by atoms with Crippen LogP contribution in [0.4, 0.5) is 0 Å². The average molecular weight is 619 g/mol. The number of hydrogen-bond acceptors (Lipinski definition) is 3. The highest BCUT2D eigenvalue weighted by molar-refractivity contribution is 5.28. The van der Waals surface area contributed by atoms with Crippen LogP contribution >= 0.6 is 0 Å². The molecule has 2 aromatic rings. The molecular weight excluding hydrogens is 552 g/mol. The van der Waals surface area contributed by atoms with Gasteiger partial charge in [-0.05, 0) is 47.9 Å². The number of aryl methyl sites for hydroxylation is 2. The van der Waals surface area contributed by atoms with E-state index >= 15 is 0 Å². The van der Waals surface area contributed by atoms with Crippen molar-refractivity contribution in [3.05, 3.63) is 70.8 Å². The van der Waals surface area contributed by atoms with Crippen molar-refractivity contribution in [3.63, 3.8) is 0 Å². The first-order valence-electron chi connectivity index (χ1n) is 19.3. The van der Waals surface area contributed by atoms with Gasteiger partial charge in [-0.15, -0.1) is 0 Å². The highest BCUT2D eigenvalue weighted by Crippen LogP contribution is 2.40. The molecule has 0 aromatic heterocycles. The Balaban J connectivity index is 1.16. The van der Waals surface area contributed by atoms with Crippen molar-refractivity contribution in [1.82, 2.24) is 0 Å². The van der Waals surface area contributed by atoms with E-state index in [4.69, 9.17) is 14.2 Å². The van der Waals surface area contributed by atoms with Crippen LogP contribution in [0.1, 0.15) is 177 Å². The molecule has 0 bridgehead atoms. The van der Waals surface area contributed by atoms with Crippen LogP contribution in [0.3, 0.4) is 0 Å². The summed E-state index contributed by atoms with van der Waals surface area (Å²) in [5.41, 5.74) is 5.34. The molecule has 3 heteroatoms. The fraction of sp³-hybridized carbons (Fsp3) is 0.714. The molecule has 2 fully saturated rings. The molecule has 0 saturated carbocycles. The molecule has 252 valence electrons. The van der Waals surface area contributed by atoms with Gasteiger partial charge in [0, 0.05) is 0 Å². The van der Waals surface area contributed by atoms with Gasteiger partial charge < -0.3 is 14.2 Å². The summed E-state index contributed by atoms with van der Waals surface area (Å²) in [6.45, 7) is 6.14. The van der Waals surface area contributed by atoms with Crippen LogP contribution in [0.2, 0.25) is 0 Å². The van der Waals surface area contributed by atoms with Crippen molar-refractivity contribution in [2.45, 2.75) is 180 Å². The lowest BCUT2D eigenvalue weighted by Crippen LogP contribution is -2.19. The molecule has 0 N–H and O–H groups in total. The summed E-state index contributed by atoms with van der Waals surface area (Å²) in [5.74, 6) is 0. The summed E-state index contributed by atoms with van der Waals surface area (Å²) < 4.78 is 18.4. The summed E-state index contributed by atoms with van der Waals surface area (Å²) in [6.07, 6.45) is 30.3. The maximum absolute atomic E-state index is 6.83. The summed E-state index contributed by atoms with van der Waals surface area (Å²) in [7, 11) is 0. The van der Waals surface area contributed by atoms with E-state index in [2.05, 4.69) is 62.4 Å². The van der Waals surface area contributed by atoms with Crippen molar-refractivity contribution < 1.29 is 14.2 Å². The maximum Gasteiger partial charge on any atom is 0.112 e. The second-order valence-electron chi connectivity index (χ2n) is 14.1. The normalized spacial score (nSPS) is 18.6. The topological polar surface area (TPSA) is 34.3 Å².